The molecule has 0 radical (unpaired) electrons. The first-order valence-electron chi connectivity index (χ1n) is 16.0. The van der Waals surface area contributed by atoms with E-state index >= 15 is 0 Å². The number of amides is 2. The summed E-state index contributed by atoms with van der Waals surface area (Å²) in [5.41, 5.74) is 3.42. The Balaban J connectivity index is 1.21. The molecule has 3 aromatic heterocycles. The van der Waals surface area contributed by atoms with Crippen molar-refractivity contribution >= 4 is 50.2 Å². The number of nitrogens with one attached hydrogen (secondary N) is 1. The lowest BCUT2D eigenvalue weighted by Gasteiger charge is -2.27. The molecule has 1 aromatic carbocycles. The van der Waals surface area contributed by atoms with E-state index in [-0.39, 0.29) is 35.6 Å². The second kappa shape index (κ2) is 12.4. The third kappa shape index (κ3) is 6.12. The molecule has 1 saturated carbocycles. The number of aromatic nitrogens is 5. The van der Waals surface area contributed by atoms with Crippen LogP contribution in [0.1, 0.15) is 54.5 Å². The van der Waals surface area contributed by atoms with Gasteiger partial charge in [-0.05, 0) is 97.9 Å². The number of anilines is 1. The van der Waals surface area contributed by atoms with Crippen molar-refractivity contribution < 1.29 is 14.4 Å². The van der Waals surface area contributed by atoms with Crippen molar-refractivity contribution in [2.75, 3.05) is 25.5 Å². The van der Waals surface area contributed by atoms with E-state index in [1.807, 2.05) is 37.3 Å². The summed E-state index contributed by atoms with van der Waals surface area (Å²) in [6.45, 7) is 4.98. The van der Waals surface area contributed by atoms with Crippen LogP contribution in [0.4, 0.5) is 5.82 Å². The first-order chi connectivity index (χ1) is 22.6. The van der Waals surface area contributed by atoms with Gasteiger partial charge in [-0.2, -0.15) is 5.10 Å². The number of allylic oxidation sites excluding steroid dienone is 2. The van der Waals surface area contributed by atoms with Crippen LogP contribution in [0.25, 0.3) is 22.0 Å². The van der Waals surface area contributed by atoms with Crippen molar-refractivity contribution in [3.05, 3.63) is 76.6 Å². The molecule has 2 aliphatic heterocycles. The largest absolute Gasteiger partial charge is 0.325 e. The molecule has 0 unspecified atom stereocenters. The van der Waals surface area contributed by atoms with E-state index < -0.39 is 6.04 Å². The number of benzene rings is 1. The first-order valence-corrected chi connectivity index (χ1v) is 16.8. The summed E-state index contributed by atoms with van der Waals surface area (Å²) >= 11 is 3.45. The third-order valence-electron chi connectivity index (χ3n) is 9.68. The Morgan fingerprint density at radius 2 is 1.89 bits per heavy atom. The maximum absolute atomic E-state index is 14.3. The minimum atomic E-state index is -0.647. The maximum Gasteiger partial charge on any atom is 0.248 e. The number of carbonyl (C=O) groups excluding carboxylic acids is 3. The van der Waals surface area contributed by atoms with Crippen molar-refractivity contribution in [3.8, 4) is 11.1 Å². The van der Waals surface area contributed by atoms with E-state index in [4.69, 9.17) is 0 Å². The van der Waals surface area contributed by atoms with Gasteiger partial charge in [-0.25, -0.2) is 15.0 Å². The van der Waals surface area contributed by atoms with E-state index in [0.29, 0.717) is 45.7 Å². The van der Waals surface area contributed by atoms with Gasteiger partial charge in [0.15, 0.2) is 5.78 Å². The molecule has 4 aromatic rings. The number of pyridine rings is 1. The summed E-state index contributed by atoms with van der Waals surface area (Å²) in [4.78, 5) is 58.3. The highest BCUT2D eigenvalue weighted by Gasteiger charge is 2.67. The van der Waals surface area contributed by atoms with Gasteiger partial charge >= 0.3 is 0 Å². The molecule has 12 heteroatoms. The average molecular weight is 698 g/mol. The molecular weight excluding hydrogens is 660 g/mol. The standard InChI is InChI=1S/C35H37BrN8O3/c1-21(45)32-26-14-24(25-17-37-22(2)38-18-25)9-11-27(26)43(41-32)19-31(46)44-28-15-35(16-29(35)44)20-42(3)13-7-5-4-6-8-23-10-12-30(36)39-33(23)40-34(28)47/h4,6,9-12,14,17-18,28-29H,5,7-8,13,15-16,19-20H2,1-3H3,(H,39,40,47)/b6-4+/t28-,29+,35-/m0/s1. The van der Waals surface area contributed by atoms with Crippen LogP contribution < -0.4 is 5.32 Å². The van der Waals surface area contributed by atoms with Crippen LogP contribution in [-0.4, -0.2) is 84.4 Å². The minimum Gasteiger partial charge on any atom is -0.325 e. The smallest absolute Gasteiger partial charge is 0.248 e. The van der Waals surface area contributed by atoms with Crippen LogP contribution in [0.2, 0.25) is 0 Å². The minimum absolute atomic E-state index is 0.0433. The van der Waals surface area contributed by atoms with E-state index in [0.717, 1.165) is 49.0 Å². The summed E-state index contributed by atoms with van der Waals surface area (Å²) in [5.74, 6) is 0.547. The molecule has 1 saturated heterocycles. The van der Waals surface area contributed by atoms with E-state index in [9.17, 15) is 14.4 Å². The number of fused-ring (bicyclic) bond motifs is 3. The Morgan fingerprint density at radius 1 is 1.09 bits per heavy atom. The number of ketones is 1. The molecule has 47 heavy (non-hydrogen) atoms. The number of nitrogens with zero attached hydrogens (tertiary/aromatic N) is 7. The molecule has 3 atom stereocenters. The van der Waals surface area contributed by atoms with Crippen LogP contribution in [0.3, 0.4) is 0 Å². The molecule has 1 aliphatic carbocycles. The van der Waals surface area contributed by atoms with Crippen LogP contribution in [0.15, 0.2) is 59.5 Å². The van der Waals surface area contributed by atoms with Gasteiger partial charge in [0.1, 0.15) is 34.5 Å². The molecule has 3 aliphatic rings. The molecule has 242 valence electrons. The number of aryl methyl sites for hydroxylation is 1. The Labute approximate surface area is 281 Å². The van der Waals surface area contributed by atoms with Crippen LogP contribution in [-0.2, 0) is 22.6 Å². The Hall–Kier alpha value is -4.29. The summed E-state index contributed by atoms with van der Waals surface area (Å²) in [6, 6.07) is 8.84. The zero-order valence-corrected chi connectivity index (χ0v) is 28.3. The van der Waals surface area contributed by atoms with Crippen LogP contribution in [0.5, 0.6) is 0 Å². The van der Waals surface area contributed by atoms with Gasteiger partial charge in [-0.15, -0.1) is 0 Å². The number of piperidine rings is 1. The fourth-order valence-corrected chi connectivity index (χ4v) is 7.60. The van der Waals surface area contributed by atoms with Gasteiger partial charge in [0, 0.05) is 48.3 Å². The molecule has 7 rings (SSSR count). The van der Waals surface area contributed by atoms with Crippen LogP contribution >= 0.6 is 15.9 Å². The Bertz CT molecular complexity index is 1920. The fourth-order valence-electron chi connectivity index (χ4n) is 7.29. The van der Waals surface area contributed by atoms with Gasteiger partial charge in [-0.1, -0.05) is 24.3 Å². The van der Waals surface area contributed by atoms with E-state index in [1.54, 1.807) is 22.0 Å². The summed E-state index contributed by atoms with van der Waals surface area (Å²) < 4.78 is 2.23. The van der Waals surface area contributed by atoms with Gasteiger partial charge in [0.25, 0.3) is 0 Å². The number of hydrogen-bond donors (Lipinski definition) is 1. The van der Waals surface area contributed by atoms with Crippen molar-refractivity contribution in [1.82, 2.24) is 34.5 Å². The number of rotatable bonds is 4. The predicted molar refractivity (Wildman–Crippen MR) is 182 cm³/mol. The highest BCUT2D eigenvalue weighted by Crippen LogP contribution is 2.60. The van der Waals surface area contributed by atoms with Crippen LogP contribution in [0, 0.1) is 12.3 Å². The van der Waals surface area contributed by atoms with Crippen molar-refractivity contribution in [2.24, 2.45) is 5.41 Å². The average Bonchev–Trinajstić information content (AvgIpc) is 3.44. The zero-order chi connectivity index (χ0) is 32.9. The molecule has 11 nitrogen and oxygen atoms in total. The number of hydrogen-bond acceptors (Lipinski definition) is 8. The molecule has 5 heterocycles. The van der Waals surface area contributed by atoms with Crippen molar-refractivity contribution in [2.45, 2.75) is 64.6 Å². The number of carbonyl (C=O) groups is 3. The number of halogens is 1. The lowest BCUT2D eigenvalue weighted by atomic mass is 9.98. The molecule has 2 amide bonds. The van der Waals surface area contributed by atoms with Gasteiger partial charge in [0.2, 0.25) is 11.8 Å². The van der Waals surface area contributed by atoms with Crippen molar-refractivity contribution in [1.29, 1.82) is 0 Å². The monoisotopic (exact) mass is 696 g/mol. The molecule has 1 N–H and O–H groups in total. The lowest BCUT2D eigenvalue weighted by molar-refractivity contribution is -0.138. The molecule has 2 fully saturated rings. The highest BCUT2D eigenvalue weighted by molar-refractivity contribution is 9.10. The Kier molecular flexibility index (Phi) is 8.25. The zero-order valence-electron chi connectivity index (χ0n) is 26.7. The van der Waals surface area contributed by atoms with Gasteiger partial charge < -0.3 is 15.1 Å². The quantitative estimate of drug-likeness (QED) is 0.180. The number of Topliss-reactive ketones (excluding diaryl/α,β-unsaturated/α-hetero) is 1. The van der Waals surface area contributed by atoms with E-state index in [1.165, 1.54) is 6.92 Å². The second-order valence-electron chi connectivity index (χ2n) is 13.1. The van der Waals surface area contributed by atoms with E-state index in [2.05, 4.69) is 65.4 Å². The summed E-state index contributed by atoms with van der Waals surface area (Å²) in [5, 5.41) is 8.35. The summed E-state index contributed by atoms with van der Waals surface area (Å²) in [7, 11) is 2.12. The normalized spacial score (nSPS) is 23.7. The molecule has 2 bridgehead atoms. The lowest BCUT2D eigenvalue weighted by Crippen LogP contribution is -2.47. The number of likely N-dealkylation sites (tertiary alicyclic amines) is 1. The maximum atomic E-state index is 14.3. The van der Waals surface area contributed by atoms with Gasteiger partial charge in [-0.3, -0.25) is 19.1 Å². The topological polar surface area (TPSA) is 126 Å². The molecule has 1 spiro atoms. The first kappa shape index (κ1) is 31.3. The Morgan fingerprint density at radius 3 is 2.68 bits per heavy atom. The summed E-state index contributed by atoms with van der Waals surface area (Å²) in [6.07, 6.45) is 11.9. The predicted octanol–water partition coefficient (Wildman–Crippen LogP) is 4.98. The second-order valence-corrected chi connectivity index (χ2v) is 13.9. The molecular formula is C35H37BrN8O3. The van der Waals surface area contributed by atoms with Gasteiger partial charge in [0.05, 0.1) is 5.52 Å². The van der Waals surface area contributed by atoms with Crippen molar-refractivity contribution in [3.63, 3.8) is 0 Å². The third-order valence-corrected chi connectivity index (χ3v) is 10.1. The highest BCUT2D eigenvalue weighted by atomic mass is 79.9. The fraction of sp³-hybridized carbons (Fsp3) is 0.400. The SMILES string of the molecule is CC(=O)c1nn(CC(=O)N2[C@H]3C[C@]4(C[C@@H]24)CN(C)CCC/C=C/Cc2ccc(Br)nc2NC3=O)c2ccc(-c3cnc(C)nc3)cc12.